The lowest BCUT2D eigenvalue weighted by atomic mass is 9.75. The zero-order chi connectivity index (χ0) is 17.3. The summed E-state index contributed by atoms with van der Waals surface area (Å²) in [7, 11) is 1.40. The smallest absolute Gasteiger partial charge is 0.255 e. The van der Waals surface area contributed by atoms with Crippen molar-refractivity contribution >= 4 is 5.91 Å². The number of benzene rings is 1. The van der Waals surface area contributed by atoms with Crippen molar-refractivity contribution in [1.82, 2.24) is 5.32 Å². The van der Waals surface area contributed by atoms with E-state index in [0.717, 1.165) is 0 Å². The molecular formula is C18H20FNO4. The number of hydrogen-bond donors (Lipinski definition) is 2. The van der Waals surface area contributed by atoms with E-state index in [1.807, 2.05) is 0 Å². The standard InChI is InChI=1S/C18H20FNO4/c1-10-14(5-6-24-10)18(22)20-17(12-7-13(21)8-12)11-3-4-16(23-2)15(19)9-11/h3-6,9,12-13,17,21H,7-8H2,1-2H3,(H,20,22). The fourth-order valence-electron chi connectivity index (χ4n) is 3.09. The van der Waals surface area contributed by atoms with E-state index < -0.39 is 5.82 Å². The molecule has 5 nitrogen and oxygen atoms in total. The molecule has 1 aliphatic carbocycles. The Kier molecular flexibility index (Phi) is 4.57. The van der Waals surface area contributed by atoms with E-state index in [4.69, 9.17) is 9.15 Å². The summed E-state index contributed by atoms with van der Waals surface area (Å²) in [4.78, 5) is 12.5. The summed E-state index contributed by atoms with van der Waals surface area (Å²) < 4.78 is 24.1. The molecule has 1 saturated carbocycles. The SMILES string of the molecule is COc1ccc(C(NC(=O)c2ccoc2C)C2CC(O)C2)cc1F. The summed E-state index contributed by atoms with van der Waals surface area (Å²) in [5.41, 5.74) is 1.11. The van der Waals surface area contributed by atoms with Crippen LogP contribution in [0.3, 0.4) is 0 Å². The van der Waals surface area contributed by atoms with Gasteiger partial charge in [-0.25, -0.2) is 4.39 Å². The van der Waals surface area contributed by atoms with Crippen molar-refractivity contribution in [3.05, 3.63) is 53.2 Å². The maximum atomic E-state index is 14.0. The number of aliphatic hydroxyl groups is 1. The number of furan rings is 1. The largest absolute Gasteiger partial charge is 0.494 e. The highest BCUT2D eigenvalue weighted by Gasteiger charge is 2.36. The highest BCUT2D eigenvalue weighted by Crippen LogP contribution is 2.39. The number of carbonyl (C=O) groups is 1. The van der Waals surface area contributed by atoms with Gasteiger partial charge in [0.2, 0.25) is 0 Å². The number of halogens is 1. The van der Waals surface area contributed by atoms with Gasteiger partial charge in [0.05, 0.1) is 31.1 Å². The Bertz CT molecular complexity index is 736. The molecule has 0 spiro atoms. The lowest BCUT2D eigenvalue weighted by Crippen LogP contribution is -2.41. The van der Waals surface area contributed by atoms with E-state index in [0.29, 0.717) is 29.7 Å². The molecule has 6 heteroatoms. The van der Waals surface area contributed by atoms with Crippen molar-refractivity contribution in [2.75, 3.05) is 7.11 Å². The molecule has 0 radical (unpaired) electrons. The molecule has 1 heterocycles. The van der Waals surface area contributed by atoms with Gasteiger partial charge in [-0.1, -0.05) is 6.07 Å². The van der Waals surface area contributed by atoms with Crippen LogP contribution in [-0.2, 0) is 0 Å². The first-order valence-electron chi connectivity index (χ1n) is 7.86. The number of methoxy groups -OCH3 is 1. The van der Waals surface area contributed by atoms with Gasteiger partial charge in [-0.2, -0.15) is 0 Å². The first kappa shape index (κ1) is 16.5. The van der Waals surface area contributed by atoms with Gasteiger partial charge < -0.3 is 19.6 Å². The van der Waals surface area contributed by atoms with Crippen LogP contribution in [0.4, 0.5) is 4.39 Å². The van der Waals surface area contributed by atoms with Gasteiger partial charge in [-0.3, -0.25) is 4.79 Å². The van der Waals surface area contributed by atoms with Crippen LogP contribution in [-0.4, -0.2) is 24.2 Å². The van der Waals surface area contributed by atoms with E-state index in [9.17, 15) is 14.3 Å². The first-order valence-corrected chi connectivity index (χ1v) is 7.86. The zero-order valence-electron chi connectivity index (χ0n) is 13.6. The lowest BCUT2D eigenvalue weighted by molar-refractivity contribution is 0.0234. The molecule has 1 aromatic heterocycles. The molecule has 1 aromatic carbocycles. The van der Waals surface area contributed by atoms with Crippen molar-refractivity contribution in [3.8, 4) is 5.75 Å². The third-order valence-corrected chi connectivity index (χ3v) is 4.55. The number of hydrogen-bond acceptors (Lipinski definition) is 4. The van der Waals surface area contributed by atoms with Crippen molar-refractivity contribution < 1.29 is 23.4 Å². The van der Waals surface area contributed by atoms with E-state index in [1.165, 1.54) is 19.4 Å². The summed E-state index contributed by atoms with van der Waals surface area (Å²) in [5, 5.41) is 12.5. The van der Waals surface area contributed by atoms with Gasteiger partial charge in [0, 0.05) is 0 Å². The van der Waals surface area contributed by atoms with Crippen molar-refractivity contribution in [3.63, 3.8) is 0 Å². The summed E-state index contributed by atoms with van der Waals surface area (Å²) in [6, 6.07) is 5.88. The molecule has 1 aliphatic rings. The van der Waals surface area contributed by atoms with Crippen LogP contribution in [0.1, 0.15) is 40.6 Å². The second kappa shape index (κ2) is 6.65. The van der Waals surface area contributed by atoms with Crippen LogP contribution < -0.4 is 10.1 Å². The minimum absolute atomic E-state index is 0.0592. The van der Waals surface area contributed by atoms with E-state index >= 15 is 0 Å². The lowest BCUT2D eigenvalue weighted by Gasteiger charge is -2.38. The predicted octanol–water partition coefficient (Wildman–Crippen LogP) is 2.98. The van der Waals surface area contributed by atoms with Gasteiger partial charge in [0.15, 0.2) is 11.6 Å². The Balaban J connectivity index is 1.85. The minimum Gasteiger partial charge on any atom is -0.494 e. The maximum absolute atomic E-state index is 14.0. The molecule has 0 bridgehead atoms. The molecule has 1 atom stereocenters. The van der Waals surface area contributed by atoms with Gasteiger partial charge in [0.1, 0.15) is 5.76 Å². The fraction of sp³-hybridized carbons (Fsp3) is 0.389. The second-order valence-electron chi connectivity index (χ2n) is 6.12. The number of nitrogens with one attached hydrogen (secondary N) is 1. The number of ether oxygens (including phenoxy) is 1. The summed E-state index contributed by atoms with van der Waals surface area (Å²) >= 11 is 0. The number of aryl methyl sites for hydroxylation is 1. The predicted molar refractivity (Wildman–Crippen MR) is 85.3 cm³/mol. The summed E-state index contributed by atoms with van der Waals surface area (Å²) in [6.45, 7) is 1.71. The number of amides is 1. The molecule has 3 rings (SSSR count). The van der Waals surface area contributed by atoms with Crippen LogP contribution in [0, 0.1) is 18.7 Å². The molecule has 1 amide bonds. The van der Waals surface area contributed by atoms with Crippen molar-refractivity contribution in [1.29, 1.82) is 0 Å². The molecule has 24 heavy (non-hydrogen) atoms. The van der Waals surface area contributed by atoms with Gasteiger partial charge >= 0.3 is 0 Å². The highest BCUT2D eigenvalue weighted by molar-refractivity contribution is 5.95. The third-order valence-electron chi connectivity index (χ3n) is 4.55. The van der Waals surface area contributed by atoms with Crippen LogP contribution in [0.25, 0.3) is 0 Å². The zero-order valence-corrected chi connectivity index (χ0v) is 13.6. The van der Waals surface area contributed by atoms with Crippen LogP contribution in [0.15, 0.2) is 34.9 Å². The minimum atomic E-state index is -0.478. The normalized spacial score (nSPS) is 21.0. The molecule has 128 valence electrons. The molecule has 0 aliphatic heterocycles. The van der Waals surface area contributed by atoms with Crippen molar-refractivity contribution in [2.45, 2.75) is 31.9 Å². The van der Waals surface area contributed by atoms with E-state index in [1.54, 1.807) is 25.1 Å². The molecule has 2 N–H and O–H groups in total. The Hall–Kier alpha value is -2.34. The van der Waals surface area contributed by atoms with Crippen molar-refractivity contribution in [2.24, 2.45) is 5.92 Å². The number of aliphatic hydroxyl groups excluding tert-OH is 1. The quantitative estimate of drug-likeness (QED) is 0.882. The number of carbonyl (C=O) groups excluding carboxylic acids is 1. The van der Waals surface area contributed by atoms with Crippen LogP contribution >= 0.6 is 0 Å². The first-order chi connectivity index (χ1) is 11.5. The molecule has 0 saturated heterocycles. The molecule has 1 unspecified atom stereocenters. The van der Waals surface area contributed by atoms with Gasteiger partial charge in [-0.05, 0) is 49.4 Å². The molecular weight excluding hydrogens is 313 g/mol. The molecule has 2 aromatic rings. The Morgan fingerprint density at radius 1 is 1.42 bits per heavy atom. The van der Waals surface area contributed by atoms with Gasteiger partial charge in [0.25, 0.3) is 5.91 Å². The van der Waals surface area contributed by atoms with Gasteiger partial charge in [-0.15, -0.1) is 0 Å². The summed E-state index contributed by atoms with van der Waals surface area (Å²) in [5.74, 6) is -0.00890. The Morgan fingerprint density at radius 2 is 2.17 bits per heavy atom. The van der Waals surface area contributed by atoms with Crippen LogP contribution in [0.5, 0.6) is 5.75 Å². The van der Waals surface area contributed by atoms with Crippen LogP contribution in [0.2, 0.25) is 0 Å². The second-order valence-corrected chi connectivity index (χ2v) is 6.12. The Labute approximate surface area is 139 Å². The Morgan fingerprint density at radius 3 is 2.71 bits per heavy atom. The maximum Gasteiger partial charge on any atom is 0.255 e. The van der Waals surface area contributed by atoms with E-state index in [-0.39, 0.29) is 29.7 Å². The summed E-state index contributed by atoms with van der Waals surface area (Å²) in [6.07, 6.45) is 2.24. The fourth-order valence-corrected chi connectivity index (χ4v) is 3.09. The third kappa shape index (κ3) is 3.14. The average molecular weight is 333 g/mol. The molecule has 1 fully saturated rings. The van der Waals surface area contributed by atoms with E-state index in [2.05, 4.69) is 5.32 Å². The monoisotopic (exact) mass is 333 g/mol. The highest BCUT2D eigenvalue weighted by atomic mass is 19.1. The average Bonchev–Trinajstić information content (AvgIpc) is 2.96. The number of rotatable bonds is 5. The topological polar surface area (TPSA) is 71.7 Å².